The highest BCUT2D eigenvalue weighted by atomic mass is 16.5. The third kappa shape index (κ3) is 2.85. The maximum atomic E-state index is 5.61. The van der Waals surface area contributed by atoms with Crippen LogP contribution in [-0.2, 0) is 0 Å². The summed E-state index contributed by atoms with van der Waals surface area (Å²) in [6.07, 6.45) is 1.43. The zero-order valence-corrected chi connectivity index (χ0v) is 13.2. The van der Waals surface area contributed by atoms with Crippen molar-refractivity contribution < 1.29 is 18.6 Å². The van der Waals surface area contributed by atoms with Crippen LogP contribution in [0.1, 0.15) is 0 Å². The molecule has 0 saturated carbocycles. The van der Waals surface area contributed by atoms with E-state index >= 15 is 0 Å². The van der Waals surface area contributed by atoms with Crippen LogP contribution in [0.25, 0.3) is 22.6 Å². The molecule has 3 rings (SSSR count). The number of hydrogen-bond donors (Lipinski definition) is 0. The molecule has 1 aromatic heterocycles. The Hall–Kier alpha value is -2.95. The van der Waals surface area contributed by atoms with E-state index in [0.717, 1.165) is 28.3 Å². The van der Waals surface area contributed by atoms with Crippen molar-refractivity contribution in [3.63, 3.8) is 0 Å². The second kappa shape index (κ2) is 6.44. The molecule has 0 spiro atoms. The highest BCUT2D eigenvalue weighted by Crippen LogP contribution is 2.38. The molecule has 5 heteroatoms. The molecule has 0 aliphatic heterocycles. The molecular weight excluding hydrogens is 294 g/mol. The van der Waals surface area contributed by atoms with Gasteiger partial charge in [0.25, 0.3) is 0 Å². The van der Waals surface area contributed by atoms with E-state index in [9.17, 15) is 0 Å². The second-order valence-electron chi connectivity index (χ2n) is 4.82. The summed E-state index contributed by atoms with van der Waals surface area (Å²) in [5, 5.41) is 0. The topological polar surface area (TPSA) is 53.7 Å². The fraction of sp³-hybridized carbons (Fsp3) is 0.167. The number of oxazole rings is 1. The summed E-state index contributed by atoms with van der Waals surface area (Å²) in [6, 6.07) is 13.2. The maximum Gasteiger partial charge on any atom is 0.182 e. The lowest BCUT2D eigenvalue weighted by Gasteiger charge is -2.10. The van der Waals surface area contributed by atoms with Gasteiger partial charge >= 0.3 is 0 Å². The van der Waals surface area contributed by atoms with Gasteiger partial charge in [-0.15, -0.1) is 0 Å². The predicted octanol–water partition coefficient (Wildman–Crippen LogP) is 4.03. The Bertz CT molecular complexity index is 793. The van der Waals surface area contributed by atoms with Gasteiger partial charge in [0.15, 0.2) is 12.2 Å². The summed E-state index contributed by atoms with van der Waals surface area (Å²) in [5.74, 6) is 2.82. The first-order valence-corrected chi connectivity index (χ1v) is 7.07. The minimum Gasteiger partial charge on any atom is -0.497 e. The van der Waals surface area contributed by atoms with E-state index in [4.69, 9.17) is 18.6 Å². The molecule has 1 heterocycles. The monoisotopic (exact) mass is 311 g/mol. The van der Waals surface area contributed by atoms with Gasteiger partial charge in [-0.3, -0.25) is 0 Å². The van der Waals surface area contributed by atoms with E-state index in [1.807, 2.05) is 42.5 Å². The Morgan fingerprint density at radius 2 is 1.52 bits per heavy atom. The van der Waals surface area contributed by atoms with Crippen LogP contribution in [0, 0.1) is 0 Å². The molecule has 0 atom stereocenters. The molecule has 118 valence electrons. The van der Waals surface area contributed by atoms with Gasteiger partial charge in [0.1, 0.15) is 22.9 Å². The van der Waals surface area contributed by atoms with Crippen LogP contribution >= 0.6 is 0 Å². The first-order valence-electron chi connectivity index (χ1n) is 7.07. The predicted molar refractivity (Wildman–Crippen MR) is 87.0 cm³/mol. The van der Waals surface area contributed by atoms with Crippen LogP contribution in [0.4, 0.5) is 0 Å². The van der Waals surface area contributed by atoms with Gasteiger partial charge in [0.05, 0.1) is 26.9 Å². The van der Waals surface area contributed by atoms with E-state index in [1.165, 1.54) is 6.39 Å². The number of aromatic nitrogens is 1. The van der Waals surface area contributed by atoms with Crippen molar-refractivity contribution in [1.82, 2.24) is 4.98 Å². The van der Waals surface area contributed by atoms with Crippen molar-refractivity contribution in [2.75, 3.05) is 21.3 Å². The van der Waals surface area contributed by atoms with Crippen LogP contribution in [0.3, 0.4) is 0 Å². The Kier molecular flexibility index (Phi) is 4.19. The normalized spacial score (nSPS) is 10.4. The highest BCUT2D eigenvalue weighted by molar-refractivity contribution is 5.80. The Morgan fingerprint density at radius 3 is 2.17 bits per heavy atom. The lowest BCUT2D eigenvalue weighted by molar-refractivity contribution is 0.394. The summed E-state index contributed by atoms with van der Waals surface area (Å²) in [4.78, 5) is 4.34. The lowest BCUT2D eigenvalue weighted by Crippen LogP contribution is -1.91. The molecule has 0 unspecified atom stereocenters. The molecule has 0 radical (unpaired) electrons. The van der Waals surface area contributed by atoms with Crippen molar-refractivity contribution in [3.8, 4) is 39.8 Å². The quantitative estimate of drug-likeness (QED) is 0.712. The Morgan fingerprint density at radius 1 is 0.826 bits per heavy atom. The molecule has 23 heavy (non-hydrogen) atoms. The smallest absolute Gasteiger partial charge is 0.182 e. The van der Waals surface area contributed by atoms with Gasteiger partial charge in [-0.2, -0.15) is 0 Å². The van der Waals surface area contributed by atoms with Crippen LogP contribution < -0.4 is 14.2 Å². The first kappa shape index (κ1) is 15.0. The molecule has 0 amide bonds. The zero-order chi connectivity index (χ0) is 16.2. The van der Waals surface area contributed by atoms with Crippen molar-refractivity contribution in [3.05, 3.63) is 48.9 Å². The molecule has 3 aromatic rings. The van der Waals surface area contributed by atoms with E-state index < -0.39 is 0 Å². The molecule has 0 bridgehead atoms. The molecule has 0 aliphatic rings. The van der Waals surface area contributed by atoms with Gasteiger partial charge < -0.3 is 18.6 Å². The molecule has 0 fully saturated rings. The average molecular weight is 311 g/mol. The van der Waals surface area contributed by atoms with Crippen molar-refractivity contribution >= 4 is 0 Å². The summed E-state index contributed by atoms with van der Waals surface area (Å²) in [6.45, 7) is 0. The van der Waals surface area contributed by atoms with E-state index in [-0.39, 0.29) is 0 Å². The number of rotatable bonds is 5. The van der Waals surface area contributed by atoms with Gasteiger partial charge in [0.2, 0.25) is 0 Å². The third-order valence-corrected chi connectivity index (χ3v) is 3.58. The van der Waals surface area contributed by atoms with E-state index in [2.05, 4.69) is 4.98 Å². The van der Waals surface area contributed by atoms with Crippen LogP contribution in [0.15, 0.2) is 53.3 Å². The first-order chi connectivity index (χ1) is 11.3. The van der Waals surface area contributed by atoms with Crippen molar-refractivity contribution in [2.45, 2.75) is 0 Å². The third-order valence-electron chi connectivity index (χ3n) is 3.58. The standard InChI is InChI=1S/C18H17NO4/c1-20-13-6-4-12(5-7-13)17-18(23-11-19-17)15-9-8-14(21-2)10-16(15)22-3/h4-11H,1-3H3. The number of ether oxygens (including phenoxy) is 3. The van der Waals surface area contributed by atoms with Crippen molar-refractivity contribution in [2.24, 2.45) is 0 Å². The summed E-state index contributed by atoms with van der Waals surface area (Å²) in [7, 11) is 4.87. The van der Waals surface area contributed by atoms with E-state index in [0.29, 0.717) is 11.5 Å². The number of hydrogen-bond acceptors (Lipinski definition) is 5. The summed E-state index contributed by atoms with van der Waals surface area (Å²) >= 11 is 0. The molecule has 0 aliphatic carbocycles. The molecular formula is C18H17NO4. The maximum absolute atomic E-state index is 5.61. The molecule has 5 nitrogen and oxygen atoms in total. The van der Waals surface area contributed by atoms with Gasteiger partial charge in [-0.05, 0) is 36.4 Å². The number of benzene rings is 2. The van der Waals surface area contributed by atoms with Crippen molar-refractivity contribution in [1.29, 1.82) is 0 Å². The lowest BCUT2D eigenvalue weighted by atomic mass is 10.0. The minimum atomic E-state index is 0.648. The van der Waals surface area contributed by atoms with Crippen LogP contribution in [0.2, 0.25) is 0 Å². The van der Waals surface area contributed by atoms with Crippen LogP contribution in [0.5, 0.6) is 17.2 Å². The van der Waals surface area contributed by atoms with Gasteiger partial charge in [-0.25, -0.2) is 4.98 Å². The SMILES string of the molecule is COc1ccc(-c2ncoc2-c2ccc(OC)cc2OC)cc1. The number of nitrogens with zero attached hydrogens (tertiary/aromatic N) is 1. The molecule has 0 saturated heterocycles. The average Bonchev–Trinajstić information content (AvgIpc) is 3.10. The summed E-state index contributed by atoms with van der Waals surface area (Å²) in [5.41, 5.74) is 2.50. The van der Waals surface area contributed by atoms with Gasteiger partial charge in [0, 0.05) is 11.6 Å². The second-order valence-corrected chi connectivity index (χ2v) is 4.82. The fourth-order valence-corrected chi connectivity index (χ4v) is 2.38. The molecule has 0 N–H and O–H groups in total. The van der Waals surface area contributed by atoms with Gasteiger partial charge in [-0.1, -0.05) is 0 Å². The van der Waals surface area contributed by atoms with E-state index in [1.54, 1.807) is 21.3 Å². The minimum absolute atomic E-state index is 0.648. The fourth-order valence-electron chi connectivity index (χ4n) is 2.38. The Labute approximate surface area is 134 Å². The summed E-state index contributed by atoms with van der Waals surface area (Å²) < 4.78 is 21.5. The highest BCUT2D eigenvalue weighted by Gasteiger charge is 2.17. The number of methoxy groups -OCH3 is 3. The Balaban J connectivity index is 2.07. The molecule has 2 aromatic carbocycles. The van der Waals surface area contributed by atoms with Crippen LogP contribution in [-0.4, -0.2) is 26.3 Å². The largest absolute Gasteiger partial charge is 0.497 e. The zero-order valence-electron chi connectivity index (χ0n) is 13.2.